The maximum atomic E-state index is 11.1. The standard InChI is InChI=1S/C14H25N3O2/c1-16-5-2-3-11-8-17(6-4-12(11)16)14(7-13(18)19)9-15-10-14/h11-12,15H,2-10H2,1H3,(H,18,19). The van der Waals surface area contributed by atoms with Gasteiger partial charge >= 0.3 is 5.97 Å². The molecule has 0 bridgehead atoms. The summed E-state index contributed by atoms with van der Waals surface area (Å²) in [5, 5.41) is 12.4. The molecule has 0 amide bonds. The van der Waals surface area contributed by atoms with Crippen LogP contribution in [0.15, 0.2) is 0 Å². The minimum atomic E-state index is -0.663. The van der Waals surface area contributed by atoms with Gasteiger partial charge in [0.25, 0.3) is 0 Å². The Balaban J connectivity index is 1.68. The van der Waals surface area contributed by atoms with Crippen LogP contribution in [0.3, 0.4) is 0 Å². The fraction of sp³-hybridized carbons (Fsp3) is 0.929. The topological polar surface area (TPSA) is 55.8 Å². The summed E-state index contributed by atoms with van der Waals surface area (Å²) in [5.74, 6) is 0.0724. The summed E-state index contributed by atoms with van der Waals surface area (Å²) < 4.78 is 0. The van der Waals surface area contributed by atoms with Gasteiger partial charge in [0, 0.05) is 32.2 Å². The Morgan fingerprint density at radius 2 is 2.16 bits per heavy atom. The fourth-order valence-electron chi connectivity index (χ4n) is 4.24. The van der Waals surface area contributed by atoms with Crippen LogP contribution < -0.4 is 5.32 Å². The van der Waals surface area contributed by atoms with E-state index in [1.165, 1.54) is 25.8 Å². The molecule has 0 aliphatic carbocycles. The Morgan fingerprint density at radius 1 is 1.37 bits per heavy atom. The van der Waals surface area contributed by atoms with Gasteiger partial charge in [-0.2, -0.15) is 0 Å². The van der Waals surface area contributed by atoms with Crippen LogP contribution in [0.5, 0.6) is 0 Å². The van der Waals surface area contributed by atoms with E-state index in [9.17, 15) is 4.79 Å². The predicted octanol–water partition coefficient (Wildman–Crippen LogP) is 0.219. The lowest BCUT2D eigenvalue weighted by Crippen LogP contribution is -2.72. The summed E-state index contributed by atoms with van der Waals surface area (Å²) in [7, 11) is 2.24. The molecule has 0 aromatic rings. The number of aliphatic carboxylic acids is 1. The molecular formula is C14H25N3O2. The van der Waals surface area contributed by atoms with Gasteiger partial charge < -0.3 is 15.3 Å². The van der Waals surface area contributed by atoms with E-state index >= 15 is 0 Å². The van der Waals surface area contributed by atoms with E-state index in [0.717, 1.165) is 38.1 Å². The Kier molecular flexibility index (Phi) is 3.53. The number of nitrogens with one attached hydrogen (secondary N) is 1. The number of carbonyl (C=O) groups is 1. The van der Waals surface area contributed by atoms with Crippen molar-refractivity contribution in [2.75, 3.05) is 39.8 Å². The highest BCUT2D eigenvalue weighted by Gasteiger charge is 2.47. The summed E-state index contributed by atoms with van der Waals surface area (Å²) in [4.78, 5) is 16.1. The van der Waals surface area contributed by atoms with E-state index in [0.29, 0.717) is 0 Å². The zero-order valence-electron chi connectivity index (χ0n) is 11.8. The molecule has 2 N–H and O–H groups in total. The van der Waals surface area contributed by atoms with Gasteiger partial charge in [-0.05, 0) is 38.8 Å². The van der Waals surface area contributed by atoms with Crippen LogP contribution in [-0.2, 0) is 4.79 Å². The Morgan fingerprint density at radius 3 is 2.79 bits per heavy atom. The second-order valence-electron chi connectivity index (χ2n) is 6.58. The summed E-state index contributed by atoms with van der Waals surface area (Å²) in [6, 6.07) is 0.722. The van der Waals surface area contributed by atoms with E-state index in [-0.39, 0.29) is 12.0 Å². The van der Waals surface area contributed by atoms with Crippen LogP contribution in [0.1, 0.15) is 25.7 Å². The number of rotatable bonds is 3. The van der Waals surface area contributed by atoms with Crippen LogP contribution in [0.4, 0.5) is 0 Å². The number of likely N-dealkylation sites (tertiary alicyclic amines) is 2. The van der Waals surface area contributed by atoms with Crippen molar-refractivity contribution in [3.8, 4) is 0 Å². The molecule has 0 radical (unpaired) electrons. The first-order valence-electron chi connectivity index (χ1n) is 7.48. The van der Waals surface area contributed by atoms with Gasteiger partial charge in [-0.1, -0.05) is 0 Å². The minimum Gasteiger partial charge on any atom is -0.481 e. The van der Waals surface area contributed by atoms with Gasteiger partial charge in [0.1, 0.15) is 0 Å². The molecular weight excluding hydrogens is 242 g/mol. The molecule has 0 spiro atoms. The number of hydrogen-bond acceptors (Lipinski definition) is 4. The van der Waals surface area contributed by atoms with Crippen molar-refractivity contribution < 1.29 is 9.90 Å². The first-order valence-corrected chi connectivity index (χ1v) is 7.48. The molecule has 3 rings (SSSR count). The van der Waals surface area contributed by atoms with E-state index < -0.39 is 5.97 Å². The van der Waals surface area contributed by atoms with Crippen molar-refractivity contribution in [2.24, 2.45) is 5.92 Å². The second-order valence-corrected chi connectivity index (χ2v) is 6.58. The van der Waals surface area contributed by atoms with Crippen LogP contribution >= 0.6 is 0 Å². The quantitative estimate of drug-likeness (QED) is 0.766. The largest absolute Gasteiger partial charge is 0.481 e. The number of piperidine rings is 2. The van der Waals surface area contributed by atoms with Gasteiger partial charge in [0.15, 0.2) is 0 Å². The molecule has 3 fully saturated rings. The van der Waals surface area contributed by atoms with Gasteiger partial charge in [-0.25, -0.2) is 0 Å². The van der Waals surface area contributed by atoms with Crippen molar-refractivity contribution in [1.82, 2.24) is 15.1 Å². The molecule has 2 atom stereocenters. The molecule has 2 unspecified atom stereocenters. The molecule has 3 aliphatic heterocycles. The number of nitrogens with zero attached hydrogens (tertiary/aromatic N) is 2. The number of fused-ring (bicyclic) bond motifs is 1. The Hall–Kier alpha value is -0.650. The maximum absolute atomic E-state index is 11.1. The first kappa shape index (κ1) is 13.3. The molecule has 108 valence electrons. The van der Waals surface area contributed by atoms with Crippen LogP contribution in [0.25, 0.3) is 0 Å². The highest BCUT2D eigenvalue weighted by atomic mass is 16.4. The molecule has 5 nitrogen and oxygen atoms in total. The predicted molar refractivity (Wildman–Crippen MR) is 73.2 cm³/mol. The monoisotopic (exact) mass is 267 g/mol. The average Bonchev–Trinajstić information content (AvgIpc) is 2.33. The fourth-order valence-corrected chi connectivity index (χ4v) is 4.24. The lowest BCUT2D eigenvalue weighted by molar-refractivity contribution is -0.143. The van der Waals surface area contributed by atoms with Crippen molar-refractivity contribution in [3.63, 3.8) is 0 Å². The second kappa shape index (κ2) is 5.04. The Bertz CT molecular complexity index is 357. The van der Waals surface area contributed by atoms with Gasteiger partial charge in [-0.3, -0.25) is 9.69 Å². The molecule has 5 heteroatoms. The molecule has 3 saturated heterocycles. The lowest BCUT2D eigenvalue weighted by Gasteiger charge is -2.55. The third kappa shape index (κ3) is 2.39. The van der Waals surface area contributed by atoms with E-state index in [1.807, 2.05) is 0 Å². The zero-order chi connectivity index (χ0) is 13.5. The number of hydrogen-bond donors (Lipinski definition) is 2. The normalized spacial score (nSPS) is 35.4. The smallest absolute Gasteiger partial charge is 0.305 e. The summed E-state index contributed by atoms with van der Waals surface area (Å²) >= 11 is 0. The number of carboxylic acids is 1. The van der Waals surface area contributed by atoms with Crippen molar-refractivity contribution in [3.05, 3.63) is 0 Å². The van der Waals surface area contributed by atoms with E-state index in [2.05, 4.69) is 22.2 Å². The van der Waals surface area contributed by atoms with Crippen molar-refractivity contribution >= 4 is 5.97 Å². The van der Waals surface area contributed by atoms with E-state index in [4.69, 9.17) is 5.11 Å². The molecule has 19 heavy (non-hydrogen) atoms. The van der Waals surface area contributed by atoms with Gasteiger partial charge in [0.05, 0.1) is 12.0 Å². The molecule has 0 aromatic heterocycles. The summed E-state index contributed by atoms with van der Waals surface area (Å²) in [5.41, 5.74) is -0.104. The molecule has 3 heterocycles. The third-order valence-electron chi connectivity index (χ3n) is 5.40. The van der Waals surface area contributed by atoms with Gasteiger partial charge in [0.2, 0.25) is 0 Å². The highest BCUT2D eigenvalue weighted by Crippen LogP contribution is 2.35. The number of carboxylic acid groups (broad SMARTS) is 1. The summed E-state index contributed by atoms with van der Waals surface area (Å²) in [6.07, 6.45) is 4.08. The van der Waals surface area contributed by atoms with Gasteiger partial charge in [-0.15, -0.1) is 0 Å². The maximum Gasteiger partial charge on any atom is 0.305 e. The molecule has 0 saturated carbocycles. The zero-order valence-corrected chi connectivity index (χ0v) is 11.8. The Labute approximate surface area is 114 Å². The molecule has 3 aliphatic rings. The van der Waals surface area contributed by atoms with Crippen LogP contribution in [0, 0.1) is 5.92 Å². The van der Waals surface area contributed by atoms with Crippen LogP contribution in [-0.4, -0.2) is 72.2 Å². The highest BCUT2D eigenvalue weighted by molar-refractivity contribution is 5.68. The lowest BCUT2D eigenvalue weighted by atomic mass is 9.79. The van der Waals surface area contributed by atoms with E-state index in [1.54, 1.807) is 0 Å². The molecule has 0 aromatic carbocycles. The van der Waals surface area contributed by atoms with Crippen molar-refractivity contribution in [2.45, 2.75) is 37.3 Å². The minimum absolute atomic E-state index is 0.104. The first-order chi connectivity index (χ1) is 9.11. The summed E-state index contributed by atoms with van der Waals surface area (Å²) in [6.45, 7) is 5.05. The van der Waals surface area contributed by atoms with Crippen LogP contribution in [0.2, 0.25) is 0 Å². The SMILES string of the molecule is CN1CCCC2CN(C3(CC(=O)O)CNC3)CCC21. The third-order valence-corrected chi connectivity index (χ3v) is 5.40. The van der Waals surface area contributed by atoms with Crippen molar-refractivity contribution in [1.29, 1.82) is 0 Å². The average molecular weight is 267 g/mol.